The molecule has 9 atom stereocenters. The van der Waals surface area contributed by atoms with Crippen LogP contribution in [0.3, 0.4) is 0 Å². The first kappa shape index (κ1) is 51.3. The quantitative estimate of drug-likeness (QED) is 0.0875. The first-order valence-electron chi connectivity index (χ1n) is 20.2. The van der Waals surface area contributed by atoms with E-state index in [2.05, 4.69) is 0 Å². The number of hydrogen-bond acceptors (Lipinski definition) is 15. The summed E-state index contributed by atoms with van der Waals surface area (Å²) in [5.74, 6) is -10.5. The summed E-state index contributed by atoms with van der Waals surface area (Å²) < 4.78 is 30.0. The van der Waals surface area contributed by atoms with Crippen molar-refractivity contribution in [2.75, 3.05) is 49.3 Å². The van der Waals surface area contributed by atoms with E-state index in [0.29, 0.717) is 24.8 Å². The summed E-state index contributed by atoms with van der Waals surface area (Å²) in [6, 6.07) is 16.7. The van der Waals surface area contributed by atoms with Crippen molar-refractivity contribution in [2.45, 2.75) is 83.8 Å². The second kappa shape index (κ2) is 25.7. The summed E-state index contributed by atoms with van der Waals surface area (Å²) in [6.07, 6.45) is -2.04. The number of aliphatic hydroxyl groups excluding tert-OH is 3. The predicted molar refractivity (Wildman–Crippen MR) is 217 cm³/mol. The zero-order chi connectivity index (χ0) is 45.0. The number of benzene rings is 2. The van der Waals surface area contributed by atoms with Crippen LogP contribution >= 0.6 is 0 Å². The average molecular weight is 845 g/mol. The maximum atomic E-state index is 13.4. The lowest BCUT2D eigenvalue weighted by Gasteiger charge is -2.37. The first-order chi connectivity index (χ1) is 28.6. The number of aryl methyl sites for hydroxylation is 1. The second-order valence-electron chi connectivity index (χ2n) is 15.4. The number of methoxy groups -OCH3 is 6. The van der Waals surface area contributed by atoms with Gasteiger partial charge in [-0.3, -0.25) is 28.8 Å². The lowest BCUT2D eigenvalue weighted by Crippen LogP contribution is -2.41. The molecule has 0 amide bonds. The molecular formula is C45H64O15. The topological polar surface area (TPSA) is 218 Å². The molecule has 2 aromatic carbocycles. The van der Waals surface area contributed by atoms with E-state index in [1.54, 1.807) is 6.92 Å². The van der Waals surface area contributed by atoms with Crippen LogP contribution in [-0.4, -0.2) is 107 Å². The van der Waals surface area contributed by atoms with Crippen LogP contribution in [0.4, 0.5) is 0 Å². The Bertz CT molecular complexity index is 1660. The van der Waals surface area contributed by atoms with Crippen molar-refractivity contribution in [3.05, 3.63) is 71.3 Å². The van der Waals surface area contributed by atoms with Gasteiger partial charge in [-0.2, -0.15) is 0 Å². The fourth-order valence-electron chi connectivity index (χ4n) is 7.86. The van der Waals surface area contributed by atoms with E-state index in [1.807, 2.05) is 61.5 Å². The zero-order valence-corrected chi connectivity index (χ0v) is 36.1. The maximum Gasteiger partial charge on any atom is 0.308 e. The van der Waals surface area contributed by atoms with Crippen molar-refractivity contribution in [2.24, 2.45) is 40.9 Å². The van der Waals surface area contributed by atoms with E-state index in [-0.39, 0.29) is 38.5 Å². The lowest BCUT2D eigenvalue weighted by atomic mass is 9.71. The molecule has 0 aliphatic rings. The third-order valence-corrected chi connectivity index (χ3v) is 11.7. The molecule has 0 saturated heterocycles. The normalized spacial score (nSPS) is 16.2. The first-order valence-corrected chi connectivity index (χ1v) is 20.2. The largest absolute Gasteiger partial charge is 0.469 e. The number of rotatable bonds is 26. The number of esters is 6. The van der Waals surface area contributed by atoms with Gasteiger partial charge in [0.1, 0.15) is 6.10 Å². The third-order valence-electron chi connectivity index (χ3n) is 11.7. The van der Waals surface area contributed by atoms with Crippen LogP contribution < -0.4 is 0 Å². The van der Waals surface area contributed by atoms with E-state index in [0.717, 1.165) is 32.5 Å². The molecule has 15 nitrogen and oxygen atoms in total. The summed E-state index contributed by atoms with van der Waals surface area (Å²) >= 11 is 0. The van der Waals surface area contributed by atoms with Crippen molar-refractivity contribution in [1.82, 2.24) is 0 Å². The fourth-order valence-corrected chi connectivity index (χ4v) is 7.86. The highest BCUT2D eigenvalue weighted by molar-refractivity contribution is 5.80. The van der Waals surface area contributed by atoms with Crippen molar-refractivity contribution >= 4 is 35.8 Å². The summed E-state index contributed by atoms with van der Waals surface area (Å²) in [4.78, 5) is 78.1. The molecule has 0 aliphatic carbocycles. The molecule has 0 aromatic heterocycles. The fraction of sp³-hybridized carbons (Fsp3) is 0.600. The number of hydrogen-bond donors (Lipinski definition) is 3. The Labute approximate surface area is 353 Å². The SMILES string of the molecule is CCC(CO)(CCc1ccc(C(O)c2ccccc2)cc1)C(O)CC(CC(CC(CC(CC(CC(C)C(=O)OC)C(=O)OC)C(=O)OC)C(=O)OC)C(=O)OC)C(=O)OC. The molecular weight excluding hydrogens is 780 g/mol. The van der Waals surface area contributed by atoms with Gasteiger partial charge >= 0.3 is 35.8 Å². The minimum Gasteiger partial charge on any atom is -0.469 e. The number of carbonyl (C=O) groups is 6. The van der Waals surface area contributed by atoms with Crippen LogP contribution in [0.2, 0.25) is 0 Å². The van der Waals surface area contributed by atoms with E-state index in [4.69, 9.17) is 28.4 Å². The molecule has 0 aliphatic heterocycles. The summed E-state index contributed by atoms with van der Waals surface area (Å²) in [6.45, 7) is 2.97. The average Bonchev–Trinajstić information content (AvgIpc) is 3.28. The maximum absolute atomic E-state index is 13.4. The Balaban J connectivity index is 2.36. The van der Waals surface area contributed by atoms with Crippen LogP contribution in [0.5, 0.6) is 0 Å². The molecule has 9 unspecified atom stereocenters. The Morgan fingerprint density at radius 3 is 1.27 bits per heavy atom. The molecule has 334 valence electrons. The Morgan fingerprint density at radius 1 is 0.533 bits per heavy atom. The van der Waals surface area contributed by atoms with E-state index >= 15 is 0 Å². The molecule has 2 rings (SSSR count). The highest BCUT2D eigenvalue weighted by Crippen LogP contribution is 2.38. The highest BCUT2D eigenvalue weighted by atomic mass is 16.5. The molecule has 2 aromatic rings. The van der Waals surface area contributed by atoms with Crippen LogP contribution in [0.15, 0.2) is 54.6 Å². The number of aliphatic hydroxyl groups is 3. The van der Waals surface area contributed by atoms with Gasteiger partial charge in [0.05, 0.1) is 90.9 Å². The van der Waals surface area contributed by atoms with Crippen molar-refractivity contribution < 1.29 is 72.5 Å². The second-order valence-corrected chi connectivity index (χ2v) is 15.4. The van der Waals surface area contributed by atoms with Gasteiger partial charge in [-0.05, 0) is 74.5 Å². The van der Waals surface area contributed by atoms with Crippen LogP contribution in [0.1, 0.15) is 88.0 Å². The van der Waals surface area contributed by atoms with Gasteiger partial charge in [0.2, 0.25) is 0 Å². The van der Waals surface area contributed by atoms with Crippen molar-refractivity contribution in [3.8, 4) is 0 Å². The van der Waals surface area contributed by atoms with Crippen molar-refractivity contribution in [3.63, 3.8) is 0 Å². The Hall–Kier alpha value is -4.86. The molecule has 0 spiro atoms. The zero-order valence-electron chi connectivity index (χ0n) is 36.1. The number of ether oxygens (including phenoxy) is 6. The van der Waals surface area contributed by atoms with Crippen LogP contribution in [0.25, 0.3) is 0 Å². The van der Waals surface area contributed by atoms with Crippen molar-refractivity contribution in [1.29, 1.82) is 0 Å². The minimum absolute atomic E-state index is 0.0259. The Morgan fingerprint density at radius 2 is 0.900 bits per heavy atom. The standard InChI is InChI=1S/C45H64O15/c1-9-45(27-46,20-19-29-15-17-31(18-16-29)38(48)30-13-11-10-12-14-30)37(47)26-36(44(54)60-8)25-35(43(53)59-7)24-34(42(52)58-6)23-33(41(51)57-5)22-32(40(50)56-4)21-28(2)39(49)55-3/h10-18,28,32-38,46-48H,9,19-27H2,1-8H3. The summed E-state index contributed by atoms with van der Waals surface area (Å²) in [7, 11) is 6.98. The van der Waals surface area contributed by atoms with Gasteiger partial charge in [0.25, 0.3) is 0 Å². The van der Waals surface area contributed by atoms with Gasteiger partial charge < -0.3 is 43.7 Å². The van der Waals surface area contributed by atoms with E-state index in [1.165, 1.54) is 21.3 Å². The monoisotopic (exact) mass is 844 g/mol. The third kappa shape index (κ3) is 14.7. The van der Waals surface area contributed by atoms with E-state index in [9.17, 15) is 44.1 Å². The predicted octanol–water partition coefficient (Wildman–Crippen LogP) is 4.55. The molecule has 3 N–H and O–H groups in total. The summed E-state index contributed by atoms with van der Waals surface area (Å²) in [5.41, 5.74) is 1.31. The van der Waals surface area contributed by atoms with Gasteiger partial charge in [-0.25, -0.2) is 0 Å². The molecule has 0 saturated carbocycles. The molecule has 0 radical (unpaired) electrons. The smallest absolute Gasteiger partial charge is 0.308 e. The molecule has 60 heavy (non-hydrogen) atoms. The lowest BCUT2D eigenvalue weighted by molar-refractivity contribution is -0.154. The van der Waals surface area contributed by atoms with E-state index < -0.39 is 95.6 Å². The Kier molecular flexibility index (Phi) is 22.0. The summed E-state index contributed by atoms with van der Waals surface area (Å²) in [5, 5.41) is 33.3. The molecule has 0 heterocycles. The van der Waals surface area contributed by atoms with Gasteiger partial charge in [-0.15, -0.1) is 0 Å². The molecule has 0 fully saturated rings. The molecule has 15 heteroatoms. The van der Waals surface area contributed by atoms with Crippen LogP contribution in [0, 0.1) is 40.9 Å². The van der Waals surface area contributed by atoms with Crippen LogP contribution in [-0.2, 0) is 63.6 Å². The number of carbonyl (C=O) groups excluding carboxylic acids is 6. The van der Waals surface area contributed by atoms with Gasteiger partial charge in [0.15, 0.2) is 0 Å². The van der Waals surface area contributed by atoms with Gasteiger partial charge in [-0.1, -0.05) is 68.4 Å². The highest BCUT2D eigenvalue weighted by Gasteiger charge is 2.42. The minimum atomic E-state index is -1.24. The molecule has 0 bridgehead atoms. The van der Waals surface area contributed by atoms with Gasteiger partial charge in [0, 0.05) is 5.41 Å².